The van der Waals surface area contributed by atoms with Crippen LogP contribution < -0.4 is 0 Å². The van der Waals surface area contributed by atoms with Crippen molar-refractivity contribution >= 4 is 11.7 Å². The molecule has 2 fully saturated rings. The first-order valence-electron chi connectivity index (χ1n) is 7.12. The summed E-state index contributed by atoms with van der Waals surface area (Å²) in [6, 6.07) is 0.338. The van der Waals surface area contributed by atoms with Crippen LogP contribution in [0.4, 0.5) is 0 Å². The molecular weight excluding hydrogens is 228 g/mol. The molecule has 1 saturated heterocycles. The second kappa shape index (κ2) is 5.83. The molecule has 2 aliphatic rings. The molecule has 1 unspecified atom stereocenters. The first-order valence-corrected chi connectivity index (χ1v) is 7.12. The largest absolute Gasteiger partial charge is 0.341 e. The molecule has 4 heteroatoms. The first-order chi connectivity index (χ1) is 8.59. The molecule has 1 aliphatic carbocycles. The number of nitrogens with zero attached hydrogens (tertiary/aromatic N) is 2. The number of amides is 1. The molecule has 18 heavy (non-hydrogen) atoms. The fraction of sp³-hybridized carbons (Fsp3) is 0.857. The van der Waals surface area contributed by atoms with Crippen molar-refractivity contribution < 1.29 is 9.59 Å². The molecule has 0 aromatic carbocycles. The Morgan fingerprint density at radius 1 is 1.28 bits per heavy atom. The quantitative estimate of drug-likeness (QED) is 0.763. The van der Waals surface area contributed by atoms with Gasteiger partial charge in [0.25, 0.3) is 0 Å². The Kier molecular flexibility index (Phi) is 4.38. The number of likely N-dealkylation sites (tertiary alicyclic amines) is 1. The molecule has 1 aliphatic heterocycles. The molecule has 1 amide bonds. The first kappa shape index (κ1) is 13.5. The van der Waals surface area contributed by atoms with Crippen molar-refractivity contribution in [3.05, 3.63) is 0 Å². The van der Waals surface area contributed by atoms with Gasteiger partial charge in [-0.25, -0.2) is 0 Å². The van der Waals surface area contributed by atoms with E-state index in [-0.39, 0.29) is 11.9 Å². The molecule has 1 heterocycles. The molecule has 0 aromatic rings. The van der Waals surface area contributed by atoms with Gasteiger partial charge in [-0.05, 0) is 39.7 Å². The van der Waals surface area contributed by atoms with Crippen molar-refractivity contribution in [3.8, 4) is 0 Å². The molecule has 0 aromatic heterocycles. The standard InChI is InChI=1S/C14H24N2O2/c1-11(14(18)16-9-3-4-10-16)15(2)12-5-7-13(17)8-6-12/h11-12H,3-10H2,1-2H3. The lowest BCUT2D eigenvalue weighted by molar-refractivity contribution is -0.136. The Bertz CT molecular complexity index is 314. The van der Waals surface area contributed by atoms with Crippen LogP contribution in [0.2, 0.25) is 0 Å². The number of carbonyl (C=O) groups is 2. The average Bonchev–Trinajstić information content (AvgIpc) is 2.91. The van der Waals surface area contributed by atoms with Gasteiger partial charge in [0.1, 0.15) is 5.78 Å². The highest BCUT2D eigenvalue weighted by atomic mass is 16.2. The van der Waals surface area contributed by atoms with Crippen molar-refractivity contribution in [1.82, 2.24) is 9.80 Å². The molecular formula is C14H24N2O2. The molecule has 4 nitrogen and oxygen atoms in total. The van der Waals surface area contributed by atoms with E-state index < -0.39 is 0 Å². The molecule has 0 bridgehead atoms. The van der Waals surface area contributed by atoms with E-state index in [2.05, 4.69) is 4.90 Å². The van der Waals surface area contributed by atoms with E-state index in [9.17, 15) is 9.59 Å². The van der Waals surface area contributed by atoms with Crippen LogP contribution in [0.3, 0.4) is 0 Å². The van der Waals surface area contributed by atoms with Gasteiger partial charge in [-0.3, -0.25) is 14.5 Å². The molecule has 102 valence electrons. The van der Waals surface area contributed by atoms with Crippen LogP contribution in [-0.2, 0) is 9.59 Å². The zero-order chi connectivity index (χ0) is 13.1. The molecule has 1 saturated carbocycles. The summed E-state index contributed by atoms with van der Waals surface area (Å²) >= 11 is 0. The number of hydrogen-bond acceptors (Lipinski definition) is 3. The van der Waals surface area contributed by atoms with Crippen LogP contribution in [0.15, 0.2) is 0 Å². The van der Waals surface area contributed by atoms with Gasteiger partial charge >= 0.3 is 0 Å². The van der Waals surface area contributed by atoms with Crippen LogP contribution in [-0.4, -0.2) is 53.7 Å². The van der Waals surface area contributed by atoms with Gasteiger partial charge in [-0.1, -0.05) is 0 Å². The second-order valence-electron chi connectivity index (χ2n) is 5.64. The Morgan fingerprint density at radius 2 is 1.83 bits per heavy atom. The number of rotatable bonds is 3. The summed E-state index contributed by atoms with van der Waals surface area (Å²) in [6.07, 6.45) is 5.46. The lowest BCUT2D eigenvalue weighted by atomic mass is 9.92. The zero-order valence-electron chi connectivity index (χ0n) is 11.5. The van der Waals surface area contributed by atoms with Crippen LogP contribution in [0, 0.1) is 0 Å². The summed E-state index contributed by atoms with van der Waals surface area (Å²) in [7, 11) is 2.03. The summed E-state index contributed by atoms with van der Waals surface area (Å²) in [5.74, 6) is 0.630. The highest BCUT2D eigenvalue weighted by Gasteiger charge is 2.31. The summed E-state index contributed by atoms with van der Waals surface area (Å²) in [4.78, 5) is 27.7. The van der Waals surface area contributed by atoms with E-state index >= 15 is 0 Å². The van der Waals surface area contributed by atoms with Crippen molar-refractivity contribution in [3.63, 3.8) is 0 Å². The third-order valence-electron chi connectivity index (χ3n) is 4.47. The van der Waals surface area contributed by atoms with E-state index in [1.807, 2.05) is 18.9 Å². The van der Waals surface area contributed by atoms with Crippen molar-refractivity contribution in [2.45, 2.75) is 57.5 Å². The molecule has 0 radical (unpaired) electrons. The summed E-state index contributed by atoms with van der Waals surface area (Å²) in [5, 5.41) is 0. The van der Waals surface area contributed by atoms with Gasteiger partial charge in [0.2, 0.25) is 5.91 Å². The Morgan fingerprint density at radius 3 is 2.39 bits per heavy atom. The highest BCUT2D eigenvalue weighted by Crippen LogP contribution is 2.22. The fourth-order valence-electron chi connectivity index (χ4n) is 3.02. The summed E-state index contributed by atoms with van der Waals surface area (Å²) in [5.41, 5.74) is 0. The minimum absolute atomic E-state index is 0.0543. The number of likely N-dealkylation sites (N-methyl/N-ethyl adjacent to an activating group) is 1. The van der Waals surface area contributed by atoms with E-state index in [1.54, 1.807) is 0 Å². The van der Waals surface area contributed by atoms with Crippen molar-refractivity contribution in [1.29, 1.82) is 0 Å². The molecule has 0 N–H and O–H groups in total. The topological polar surface area (TPSA) is 40.6 Å². The highest BCUT2D eigenvalue weighted by molar-refractivity contribution is 5.82. The van der Waals surface area contributed by atoms with Gasteiger partial charge in [-0.15, -0.1) is 0 Å². The molecule has 2 rings (SSSR count). The molecule has 0 spiro atoms. The lowest BCUT2D eigenvalue weighted by Gasteiger charge is -2.35. The van der Waals surface area contributed by atoms with Crippen LogP contribution in [0.5, 0.6) is 0 Å². The SMILES string of the molecule is CC(C(=O)N1CCCC1)N(C)C1CCC(=O)CC1. The monoisotopic (exact) mass is 252 g/mol. The van der Waals surface area contributed by atoms with E-state index in [1.165, 1.54) is 0 Å². The van der Waals surface area contributed by atoms with Crippen LogP contribution in [0.25, 0.3) is 0 Å². The normalized spacial score (nSPS) is 23.7. The lowest BCUT2D eigenvalue weighted by Crippen LogP contribution is -2.49. The van der Waals surface area contributed by atoms with E-state index in [0.717, 1.165) is 38.8 Å². The average molecular weight is 252 g/mol. The third-order valence-corrected chi connectivity index (χ3v) is 4.47. The number of hydrogen-bond donors (Lipinski definition) is 0. The zero-order valence-corrected chi connectivity index (χ0v) is 11.5. The third kappa shape index (κ3) is 2.91. The maximum atomic E-state index is 12.3. The Labute approximate surface area is 109 Å². The van der Waals surface area contributed by atoms with Gasteiger partial charge in [0, 0.05) is 32.0 Å². The summed E-state index contributed by atoms with van der Waals surface area (Å²) < 4.78 is 0. The maximum Gasteiger partial charge on any atom is 0.239 e. The second-order valence-corrected chi connectivity index (χ2v) is 5.64. The number of carbonyl (C=O) groups excluding carboxylic acids is 2. The van der Waals surface area contributed by atoms with Crippen LogP contribution >= 0.6 is 0 Å². The number of Topliss-reactive ketones (excluding diaryl/α,β-unsaturated/α-hetero) is 1. The summed E-state index contributed by atoms with van der Waals surface area (Å²) in [6.45, 7) is 3.83. The maximum absolute atomic E-state index is 12.3. The van der Waals surface area contributed by atoms with Gasteiger partial charge < -0.3 is 4.90 Å². The fourth-order valence-corrected chi connectivity index (χ4v) is 3.02. The van der Waals surface area contributed by atoms with Crippen molar-refractivity contribution in [2.75, 3.05) is 20.1 Å². The minimum Gasteiger partial charge on any atom is -0.341 e. The Balaban J connectivity index is 1.89. The van der Waals surface area contributed by atoms with Gasteiger partial charge in [0.05, 0.1) is 6.04 Å². The van der Waals surface area contributed by atoms with E-state index in [4.69, 9.17) is 0 Å². The predicted octanol–water partition coefficient (Wildman–Crippen LogP) is 1.44. The number of ketones is 1. The van der Waals surface area contributed by atoms with Crippen molar-refractivity contribution in [2.24, 2.45) is 0 Å². The molecule has 1 atom stereocenters. The van der Waals surface area contributed by atoms with E-state index in [0.29, 0.717) is 24.7 Å². The van der Waals surface area contributed by atoms with Gasteiger partial charge in [0.15, 0.2) is 0 Å². The van der Waals surface area contributed by atoms with Gasteiger partial charge in [-0.2, -0.15) is 0 Å². The Hall–Kier alpha value is -0.900. The minimum atomic E-state index is -0.0543. The van der Waals surface area contributed by atoms with Crippen LogP contribution in [0.1, 0.15) is 45.4 Å². The predicted molar refractivity (Wildman–Crippen MR) is 70.3 cm³/mol. The smallest absolute Gasteiger partial charge is 0.239 e.